The SMILES string of the molecule is CCC1C(=O)NC(C)(C)C(=O)N1CC1CCC1. The maximum atomic E-state index is 12.3. The van der Waals surface area contributed by atoms with E-state index in [2.05, 4.69) is 5.32 Å². The average Bonchev–Trinajstić information content (AvgIpc) is 2.18. The van der Waals surface area contributed by atoms with Gasteiger partial charge in [0.15, 0.2) is 0 Å². The first-order chi connectivity index (χ1) is 7.95. The van der Waals surface area contributed by atoms with Gasteiger partial charge in [0.25, 0.3) is 0 Å². The predicted octanol–water partition coefficient (Wildman–Crippen LogP) is 1.30. The Hall–Kier alpha value is -1.06. The Morgan fingerprint density at radius 2 is 2.00 bits per heavy atom. The maximum Gasteiger partial charge on any atom is 0.248 e. The third kappa shape index (κ3) is 2.17. The molecule has 96 valence electrons. The molecule has 2 rings (SSSR count). The number of carbonyl (C=O) groups is 2. The van der Waals surface area contributed by atoms with Crippen LogP contribution in [0.1, 0.15) is 46.5 Å². The van der Waals surface area contributed by atoms with Crippen LogP contribution in [0.15, 0.2) is 0 Å². The van der Waals surface area contributed by atoms with Crippen LogP contribution in [0.25, 0.3) is 0 Å². The molecule has 1 saturated heterocycles. The molecule has 0 aromatic carbocycles. The molecule has 17 heavy (non-hydrogen) atoms. The average molecular weight is 238 g/mol. The van der Waals surface area contributed by atoms with E-state index in [1.807, 2.05) is 11.8 Å². The quantitative estimate of drug-likeness (QED) is 0.805. The molecule has 1 unspecified atom stereocenters. The van der Waals surface area contributed by atoms with E-state index in [1.54, 1.807) is 13.8 Å². The Kier molecular flexibility index (Phi) is 3.15. The minimum absolute atomic E-state index is 0.00331. The lowest BCUT2D eigenvalue weighted by molar-refractivity contribution is -0.154. The van der Waals surface area contributed by atoms with Gasteiger partial charge in [-0.05, 0) is 39.0 Å². The zero-order valence-corrected chi connectivity index (χ0v) is 11.0. The number of piperazine rings is 1. The monoisotopic (exact) mass is 238 g/mol. The third-order valence-corrected chi connectivity index (χ3v) is 3.98. The van der Waals surface area contributed by atoms with E-state index < -0.39 is 5.54 Å². The van der Waals surface area contributed by atoms with Crippen molar-refractivity contribution in [3.8, 4) is 0 Å². The molecule has 1 atom stereocenters. The molecule has 1 N–H and O–H groups in total. The fourth-order valence-corrected chi connectivity index (χ4v) is 2.66. The van der Waals surface area contributed by atoms with Crippen molar-refractivity contribution in [3.63, 3.8) is 0 Å². The Bertz CT molecular complexity index is 334. The minimum Gasteiger partial charge on any atom is -0.340 e. The summed E-state index contributed by atoms with van der Waals surface area (Å²) in [5, 5.41) is 2.82. The molecule has 1 heterocycles. The Morgan fingerprint density at radius 3 is 2.47 bits per heavy atom. The standard InChI is InChI=1S/C13H22N2O2/c1-4-10-11(16)14-13(2,3)12(17)15(10)8-9-6-5-7-9/h9-10H,4-8H2,1-3H3,(H,14,16). The molecule has 4 heteroatoms. The van der Waals surface area contributed by atoms with E-state index in [4.69, 9.17) is 0 Å². The zero-order valence-electron chi connectivity index (χ0n) is 11.0. The van der Waals surface area contributed by atoms with Gasteiger partial charge < -0.3 is 10.2 Å². The highest BCUT2D eigenvalue weighted by Gasteiger charge is 2.45. The number of nitrogens with zero attached hydrogens (tertiary/aromatic N) is 1. The van der Waals surface area contributed by atoms with Crippen molar-refractivity contribution in [3.05, 3.63) is 0 Å². The normalized spacial score (nSPS) is 28.9. The molecule has 0 bridgehead atoms. The van der Waals surface area contributed by atoms with E-state index in [1.165, 1.54) is 19.3 Å². The molecule has 0 aromatic heterocycles. The molecule has 2 aliphatic rings. The number of hydrogen-bond acceptors (Lipinski definition) is 2. The van der Waals surface area contributed by atoms with Gasteiger partial charge in [-0.3, -0.25) is 9.59 Å². The van der Waals surface area contributed by atoms with Crippen LogP contribution in [0.3, 0.4) is 0 Å². The molecule has 1 saturated carbocycles. The minimum atomic E-state index is -0.744. The molecule has 1 aliphatic heterocycles. The number of hydrogen-bond donors (Lipinski definition) is 1. The Balaban J connectivity index is 2.15. The van der Waals surface area contributed by atoms with Crippen molar-refractivity contribution >= 4 is 11.8 Å². The molecule has 1 aliphatic carbocycles. The number of carbonyl (C=O) groups excluding carboxylic acids is 2. The Labute approximate surface area is 103 Å². The van der Waals surface area contributed by atoms with Gasteiger partial charge in [-0.25, -0.2) is 0 Å². The van der Waals surface area contributed by atoms with Crippen molar-refractivity contribution in [1.82, 2.24) is 10.2 Å². The lowest BCUT2D eigenvalue weighted by Gasteiger charge is -2.45. The largest absolute Gasteiger partial charge is 0.340 e. The number of rotatable bonds is 3. The number of amides is 2. The molecule has 0 spiro atoms. The van der Waals surface area contributed by atoms with Crippen LogP contribution in [0.2, 0.25) is 0 Å². The third-order valence-electron chi connectivity index (χ3n) is 3.98. The summed E-state index contributed by atoms with van der Waals surface area (Å²) >= 11 is 0. The summed E-state index contributed by atoms with van der Waals surface area (Å²) in [6.07, 6.45) is 4.35. The summed E-state index contributed by atoms with van der Waals surface area (Å²) in [4.78, 5) is 26.1. The lowest BCUT2D eigenvalue weighted by atomic mass is 9.83. The summed E-state index contributed by atoms with van der Waals surface area (Å²) in [7, 11) is 0. The van der Waals surface area contributed by atoms with Crippen molar-refractivity contribution in [2.45, 2.75) is 58.0 Å². The van der Waals surface area contributed by atoms with Crippen LogP contribution in [-0.4, -0.2) is 34.8 Å². The first kappa shape index (κ1) is 12.4. The molecule has 0 aromatic rings. The van der Waals surface area contributed by atoms with Gasteiger partial charge in [0, 0.05) is 6.54 Å². The van der Waals surface area contributed by atoms with Crippen LogP contribution in [-0.2, 0) is 9.59 Å². The first-order valence-electron chi connectivity index (χ1n) is 6.59. The summed E-state index contributed by atoms with van der Waals surface area (Å²) in [6.45, 7) is 6.29. The van der Waals surface area contributed by atoms with Gasteiger partial charge in [-0.2, -0.15) is 0 Å². The predicted molar refractivity (Wildman–Crippen MR) is 65.4 cm³/mol. The van der Waals surface area contributed by atoms with Gasteiger partial charge in [0.1, 0.15) is 11.6 Å². The first-order valence-corrected chi connectivity index (χ1v) is 6.59. The summed E-state index contributed by atoms with van der Waals surface area (Å²) in [5.74, 6) is 0.668. The van der Waals surface area contributed by atoms with Crippen molar-refractivity contribution in [1.29, 1.82) is 0 Å². The van der Waals surface area contributed by atoms with Gasteiger partial charge in [0.05, 0.1) is 0 Å². The molecule has 2 fully saturated rings. The van der Waals surface area contributed by atoms with Crippen LogP contribution < -0.4 is 5.32 Å². The van der Waals surface area contributed by atoms with E-state index in [0.29, 0.717) is 12.3 Å². The molecular formula is C13H22N2O2. The lowest BCUT2D eigenvalue weighted by Crippen LogP contribution is -2.68. The highest BCUT2D eigenvalue weighted by atomic mass is 16.2. The van der Waals surface area contributed by atoms with Gasteiger partial charge in [0.2, 0.25) is 11.8 Å². The van der Waals surface area contributed by atoms with Crippen molar-refractivity contribution < 1.29 is 9.59 Å². The summed E-state index contributed by atoms with van der Waals surface area (Å²) in [5.41, 5.74) is -0.744. The topological polar surface area (TPSA) is 49.4 Å². The van der Waals surface area contributed by atoms with E-state index >= 15 is 0 Å². The molecule has 4 nitrogen and oxygen atoms in total. The van der Waals surface area contributed by atoms with E-state index in [0.717, 1.165) is 6.54 Å². The van der Waals surface area contributed by atoms with Crippen LogP contribution in [0, 0.1) is 5.92 Å². The highest BCUT2D eigenvalue weighted by molar-refractivity contribution is 5.99. The van der Waals surface area contributed by atoms with E-state index in [9.17, 15) is 9.59 Å². The fourth-order valence-electron chi connectivity index (χ4n) is 2.66. The Morgan fingerprint density at radius 1 is 1.35 bits per heavy atom. The smallest absolute Gasteiger partial charge is 0.248 e. The zero-order chi connectivity index (χ0) is 12.6. The second-order valence-corrected chi connectivity index (χ2v) is 5.79. The second kappa shape index (κ2) is 4.31. The van der Waals surface area contributed by atoms with Gasteiger partial charge >= 0.3 is 0 Å². The fraction of sp³-hybridized carbons (Fsp3) is 0.846. The highest BCUT2D eigenvalue weighted by Crippen LogP contribution is 2.30. The molecular weight excluding hydrogens is 216 g/mol. The van der Waals surface area contributed by atoms with Gasteiger partial charge in [-0.1, -0.05) is 13.3 Å². The maximum absolute atomic E-state index is 12.3. The van der Waals surface area contributed by atoms with Crippen LogP contribution in [0.5, 0.6) is 0 Å². The van der Waals surface area contributed by atoms with Crippen molar-refractivity contribution in [2.24, 2.45) is 5.92 Å². The summed E-state index contributed by atoms with van der Waals surface area (Å²) in [6, 6.07) is -0.267. The van der Waals surface area contributed by atoms with Crippen LogP contribution >= 0.6 is 0 Å². The van der Waals surface area contributed by atoms with E-state index in [-0.39, 0.29) is 17.9 Å². The summed E-state index contributed by atoms with van der Waals surface area (Å²) < 4.78 is 0. The second-order valence-electron chi connectivity index (χ2n) is 5.79. The molecule has 0 radical (unpaired) electrons. The van der Waals surface area contributed by atoms with Crippen molar-refractivity contribution in [2.75, 3.05) is 6.54 Å². The molecule has 2 amide bonds. The van der Waals surface area contributed by atoms with Gasteiger partial charge in [-0.15, -0.1) is 0 Å². The number of nitrogens with one attached hydrogen (secondary N) is 1. The van der Waals surface area contributed by atoms with Crippen LogP contribution in [0.4, 0.5) is 0 Å².